The minimum atomic E-state index is -4.77. The lowest BCUT2D eigenvalue weighted by molar-refractivity contribution is -0.139. The number of carbonyl (C=O) groups is 1. The molecule has 7 nitrogen and oxygen atoms in total. The lowest BCUT2D eigenvalue weighted by Crippen LogP contribution is -2.49. The summed E-state index contributed by atoms with van der Waals surface area (Å²) in [5.74, 6) is 2.10. The molecule has 2 heterocycles. The van der Waals surface area contributed by atoms with Crippen LogP contribution >= 0.6 is 0 Å². The van der Waals surface area contributed by atoms with Crippen LogP contribution < -0.4 is 14.5 Å². The molecule has 2 saturated heterocycles. The van der Waals surface area contributed by atoms with E-state index in [4.69, 9.17) is 0 Å². The Labute approximate surface area is 213 Å². The van der Waals surface area contributed by atoms with Gasteiger partial charge in [-0.25, -0.2) is 13.3 Å². The number of piperidine rings is 1. The van der Waals surface area contributed by atoms with Gasteiger partial charge in [-0.05, 0) is 62.2 Å². The Morgan fingerprint density at radius 1 is 1.08 bits per heavy atom. The molecule has 2 aromatic carbocycles. The SMILES string of the molecule is C=S(=O)(NC)c1ccc(N2CCCC(O)C2)c(C(=O)N2CCN(c3ccc(C(F)(F)F)c(F)c3)CC2)c1. The molecule has 2 unspecified atom stereocenters. The van der Waals surface area contributed by atoms with Crippen molar-refractivity contribution in [3.8, 4) is 0 Å². The topological polar surface area (TPSA) is 76.1 Å². The second-order valence-electron chi connectivity index (χ2n) is 9.24. The van der Waals surface area contributed by atoms with Crippen molar-refractivity contribution in [2.75, 3.05) is 56.1 Å². The number of aliphatic hydroxyl groups excluding tert-OH is 1. The maximum absolute atomic E-state index is 14.1. The van der Waals surface area contributed by atoms with E-state index < -0.39 is 33.4 Å². The van der Waals surface area contributed by atoms with E-state index in [1.807, 2.05) is 4.90 Å². The van der Waals surface area contributed by atoms with Crippen LogP contribution in [0.15, 0.2) is 41.3 Å². The molecule has 0 saturated carbocycles. The van der Waals surface area contributed by atoms with Crippen LogP contribution in [0.1, 0.15) is 28.8 Å². The molecule has 2 aromatic rings. The fraction of sp³-hybridized carbons (Fsp3) is 0.440. The number of amides is 1. The number of hydrogen-bond acceptors (Lipinski definition) is 5. The van der Waals surface area contributed by atoms with E-state index in [1.165, 1.54) is 13.1 Å². The first-order valence-corrected chi connectivity index (χ1v) is 13.7. The van der Waals surface area contributed by atoms with Crippen molar-refractivity contribution in [2.45, 2.75) is 30.0 Å². The van der Waals surface area contributed by atoms with Gasteiger partial charge in [0.1, 0.15) is 5.82 Å². The van der Waals surface area contributed by atoms with E-state index in [1.54, 1.807) is 28.0 Å². The van der Waals surface area contributed by atoms with E-state index >= 15 is 0 Å². The highest BCUT2D eigenvalue weighted by Crippen LogP contribution is 2.34. The van der Waals surface area contributed by atoms with Gasteiger partial charge in [0.25, 0.3) is 5.91 Å². The normalized spacial score (nSPS) is 20.6. The van der Waals surface area contributed by atoms with Gasteiger partial charge in [-0.15, -0.1) is 0 Å². The van der Waals surface area contributed by atoms with Crippen molar-refractivity contribution in [1.82, 2.24) is 9.62 Å². The molecule has 2 fully saturated rings. The number of anilines is 2. The Morgan fingerprint density at radius 2 is 1.78 bits per heavy atom. The Bertz CT molecular complexity index is 1260. The van der Waals surface area contributed by atoms with Gasteiger partial charge in [-0.3, -0.25) is 4.79 Å². The molecular formula is C25H30F4N4O3S. The summed E-state index contributed by atoms with van der Waals surface area (Å²) >= 11 is 0. The number of benzene rings is 2. The smallest absolute Gasteiger partial charge is 0.391 e. The van der Waals surface area contributed by atoms with Crippen molar-refractivity contribution < 1.29 is 31.7 Å². The number of hydrogen-bond donors (Lipinski definition) is 2. The fourth-order valence-electron chi connectivity index (χ4n) is 4.73. The van der Waals surface area contributed by atoms with Crippen LogP contribution in [0.3, 0.4) is 0 Å². The molecule has 2 aliphatic rings. The molecule has 0 radical (unpaired) electrons. The van der Waals surface area contributed by atoms with Crippen LogP contribution in [0.4, 0.5) is 28.9 Å². The standard InChI is InChI=1S/C25H30F4N4O3S/c1-30-37(2,36)19-6-8-23(33-9-3-4-18(34)16-33)20(15-19)24(35)32-12-10-31(11-13-32)17-5-7-21(22(26)14-17)25(27,28)29/h5-8,14-15,18,34H,2-4,9-13,16H2,1H3,(H,30,36). The van der Waals surface area contributed by atoms with E-state index in [0.29, 0.717) is 54.4 Å². The predicted molar refractivity (Wildman–Crippen MR) is 136 cm³/mol. The van der Waals surface area contributed by atoms with Gasteiger partial charge in [0.15, 0.2) is 0 Å². The van der Waals surface area contributed by atoms with E-state index in [2.05, 4.69) is 10.6 Å². The van der Waals surface area contributed by atoms with Crippen molar-refractivity contribution in [1.29, 1.82) is 0 Å². The van der Waals surface area contributed by atoms with E-state index in [0.717, 1.165) is 18.6 Å². The molecule has 37 heavy (non-hydrogen) atoms. The van der Waals surface area contributed by atoms with Gasteiger partial charge >= 0.3 is 6.18 Å². The van der Waals surface area contributed by atoms with Crippen molar-refractivity contribution >= 4 is 32.9 Å². The van der Waals surface area contributed by atoms with Gasteiger partial charge in [-0.1, -0.05) is 0 Å². The van der Waals surface area contributed by atoms with Crippen LogP contribution in [0.5, 0.6) is 0 Å². The third-order valence-corrected chi connectivity index (χ3v) is 8.51. The summed E-state index contributed by atoms with van der Waals surface area (Å²) in [5, 5.41) is 10.2. The number of alkyl halides is 3. The molecule has 12 heteroatoms. The number of carbonyl (C=O) groups excluding carboxylic acids is 1. The molecule has 2 atom stereocenters. The minimum absolute atomic E-state index is 0.263. The summed E-state index contributed by atoms with van der Waals surface area (Å²) < 4.78 is 68.3. The third kappa shape index (κ3) is 5.86. The number of nitrogens with zero attached hydrogens (tertiary/aromatic N) is 3. The maximum atomic E-state index is 14.1. The second-order valence-corrected chi connectivity index (χ2v) is 11.5. The van der Waals surface area contributed by atoms with Crippen LogP contribution in [0.25, 0.3) is 0 Å². The molecule has 0 spiro atoms. The van der Waals surface area contributed by atoms with Gasteiger partial charge in [0.05, 0.1) is 26.9 Å². The molecule has 202 valence electrons. The van der Waals surface area contributed by atoms with Crippen LogP contribution in [0.2, 0.25) is 0 Å². The van der Waals surface area contributed by atoms with Gasteiger partial charge in [-0.2, -0.15) is 13.2 Å². The quantitative estimate of drug-likeness (QED) is 0.449. The van der Waals surface area contributed by atoms with Crippen molar-refractivity contribution in [3.05, 3.63) is 53.3 Å². The van der Waals surface area contributed by atoms with Crippen LogP contribution in [-0.2, 0) is 15.9 Å². The second kappa shape index (κ2) is 10.5. The number of rotatable bonds is 5. The molecule has 0 aliphatic carbocycles. The van der Waals surface area contributed by atoms with Crippen molar-refractivity contribution in [2.24, 2.45) is 0 Å². The zero-order chi connectivity index (χ0) is 27.0. The third-order valence-electron chi connectivity index (χ3n) is 6.84. The van der Waals surface area contributed by atoms with E-state index in [-0.39, 0.29) is 19.0 Å². The highest BCUT2D eigenvalue weighted by atomic mass is 32.2. The lowest BCUT2D eigenvalue weighted by atomic mass is 10.0. The van der Waals surface area contributed by atoms with Gasteiger partial charge < -0.3 is 19.8 Å². The molecule has 1 amide bonds. The van der Waals surface area contributed by atoms with Gasteiger partial charge in [0, 0.05) is 55.5 Å². The van der Waals surface area contributed by atoms with Gasteiger partial charge in [0.2, 0.25) is 0 Å². The zero-order valence-corrected chi connectivity index (χ0v) is 21.2. The average molecular weight is 543 g/mol. The number of piperazine rings is 1. The fourth-order valence-corrected chi connectivity index (χ4v) is 5.56. The summed E-state index contributed by atoms with van der Waals surface area (Å²) in [4.78, 5) is 19.3. The zero-order valence-electron chi connectivity index (χ0n) is 20.4. The molecule has 0 bridgehead atoms. The number of halogens is 4. The highest BCUT2D eigenvalue weighted by Gasteiger charge is 2.34. The largest absolute Gasteiger partial charge is 0.419 e. The number of nitrogens with one attached hydrogen (secondary N) is 1. The predicted octanol–water partition coefficient (Wildman–Crippen LogP) is 2.98. The maximum Gasteiger partial charge on any atom is 0.419 e. The summed E-state index contributed by atoms with van der Waals surface area (Å²) in [6.07, 6.45) is -3.84. The van der Waals surface area contributed by atoms with Crippen LogP contribution in [0, 0.1) is 5.82 Å². The number of β-amino-alcohol motifs (C(OH)–C–C–N with tert-alkyl or cyclic N) is 1. The molecule has 4 rings (SSSR count). The Morgan fingerprint density at radius 3 is 2.38 bits per heavy atom. The molecule has 2 aliphatic heterocycles. The number of aliphatic hydroxyl groups is 1. The summed E-state index contributed by atoms with van der Waals surface area (Å²) in [7, 11) is -1.30. The Balaban J connectivity index is 1.56. The Hall–Kier alpha value is -2.83. The highest BCUT2D eigenvalue weighted by molar-refractivity contribution is 7.98. The molecule has 0 aromatic heterocycles. The summed E-state index contributed by atoms with van der Waals surface area (Å²) in [5.41, 5.74) is -0.0319. The lowest BCUT2D eigenvalue weighted by Gasteiger charge is -2.38. The summed E-state index contributed by atoms with van der Waals surface area (Å²) in [6.45, 7) is 2.17. The first kappa shape index (κ1) is 27.2. The molecular weight excluding hydrogens is 512 g/mol. The molecule has 2 N–H and O–H groups in total. The Kier molecular flexibility index (Phi) is 7.72. The first-order chi connectivity index (χ1) is 17.4. The van der Waals surface area contributed by atoms with E-state index in [9.17, 15) is 31.7 Å². The summed E-state index contributed by atoms with van der Waals surface area (Å²) in [6, 6.07) is 7.79. The van der Waals surface area contributed by atoms with Crippen molar-refractivity contribution in [3.63, 3.8) is 0 Å². The monoisotopic (exact) mass is 542 g/mol. The van der Waals surface area contributed by atoms with Crippen LogP contribution in [-0.4, -0.2) is 78.4 Å². The minimum Gasteiger partial charge on any atom is -0.391 e. The first-order valence-electron chi connectivity index (χ1n) is 11.9. The average Bonchev–Trinajstić information content (AvgIpc) is 2.87.